The predicted molar refractivity (Wildman–Crippen MR) is 160 cm³/mol. The van der Waals surface area contributed by atoms with E-state index in [2.05, 4.69) is 68.2 Å². The normalized spacial score (nSPS) is 15.4. The van der Waals surface area contributed by atoms with Crippen molar-refractivity contribution in [3.05, 3.63) is 77.2 Å². The third kappa shape index (κ3) is 8.85. The molecule has 1 fully saturated rings. The van der Waals surface area contributed by atoms with Gasteiger partial charge in [0.15, 0.2) is 5.78 Å². The second-order valence-corrected chi connectivity index (χ2v) is 13.1. The molecule has 0 saturated heterocycles. The fourth-order valence-corrected chi connectivity index (χ4v) is 5.00. The molecule has 0 amide bonds. The Labute approximate surface area is 249 Å². The van der Waals surface area contributed by atoms with Crippen LogP contribution < -0.4 is 0 Å². The molecule has 0 bridgehead atoms. The average Bonchev–Trinajstić information content (AvgIpc) is 3.36. The quantitative estimate of drug-likeness (QED) is 0.167. The van der Waals surface area contributed by atoms with Crippen LogP contribution in [0.4, 0.5) is 0 Å². The summed E-state index contributed by atoms with van der Waals surface area (Å²) in [4.78, 5) is 16.2. The third-order valence-electron chi connectivity index (χ3n) is 7.60. The molecule has 39 heavy (non-hydrogen) atoms. The summed E-state index contributed by atoms with van der Waals surface area (Å²) in [7, 11) is 0. The molecule has 3 nitrogen and oxygen atoms in total. The first-order chi connectivity index (χ1) is 17.7. The van der Waals surface area contributed by atoms with Gasteiger partial charge in [0.25, 0.3) is 0 Å². The Morgan fingerprint density at radius 2 is 1.64 bits per heavy atom. The minimum atomic E-state index is -0.417. The molecule has 3 aromatic rings. The summed E-state index contributed by atoms with van der Waals surface area (Å²) < 4.78 is 0. The van der Waals surface area contributed by atoms with Crippen molar-refractivity contribution in [2.24, 2.45) is 16.7 Å². The van der Waals surface area contributed by atoms with Gasteiger partial charge < -0.3 is 10.1 Å². The predicted octanol–water partition coefficient (Wildman–Crippen LogP) is 9.70. The van der Waals surface area contributed by atoms with Crippen LogP contribution in [0.25, 0.3) is 22.0 Å². The van der Waals surface area contributed by atoms with Gasteiger partial charge in [-0.1, -0.05) is 93.4 Å². The van der Waals surface area contributed by atoms with Crippen molar-refractivity contribution in [2.75, 3.05) is 0 Å². The zero-order chi connectivity index (χ0) is 28.3. The zero-order valence-corrected chi connectivity index (χ0v) is 27.6. The van der Waals surface area contributed by atoms with E-state index >= 15 is 0 Å². The molecule has 1 unspecified atom stereocenters. The summed E-state index contributed by atoms with van der Waals surface area (Å²) >= 11 is 0. The number of benzene rings is 2. The summed E-state index contributed by atoms with van der Waals surface area (Å²) in [6.45, 7) is 17.8. The fraction of sp³-hybridized carbons (Fsp3) is 0.486. The SMILES string of the molecule is CC(C)(C)C(=O)C=C(O)C(C)(C)C.Cc1[c-]c(-c2nccc3cc(C(C)C4CCCC4)ccc23)cc(C)c1.[Ir]. The van der Waals surface area contributed by atoms with Crippen LogP contribution in [0.1, 0.15) is 96.8 Å². The number of ketones is 1. The first kappa shape index (κ1) is 32.9. The summed E-state index contributed by atoms with van der Waals surface area (Å²) in [5, 5.41) is 12.1. The largest absolute Gasteiger partial charge is 0.512 e. The summed E-state index contributed by atoms with van der Waals surface area (Å²) in [6.07, 6.45) is 8.85. The van der Waals surface area contributed by atoms with Gasteiger partial charge in [0, 0.05) is 43.2 Å². The summed E-state index contributed by atoms with van der Waals surface area (Å²) in [5.74, 6) is 1.61. The van der Waals surface area contributed by atoms with Crippen LogP contribution >= 0.6 is 0 Å². The molecule has 1 aromatic heterocycles. The molecule has 1 saturated carbocycles. The van der Waals surface area contributed by atoms with Crippen molar-refractivity contribution in [2.45, 2.75) is 93.9 Å². The number of fused-ring (bicyclic) bond motifs is 1. The van der Waals surface area contributed by atoms with Crippen molar-refractivity contribution in [3.63, 3.8) is 0 Å². The number of nitrogens with zero attached hydrogens (tertiary/aromatic N) is 1. The van der Waals surface area contributed by atoms with Crippen molar-refractivity contribution in [1.82, 2.24) is 4.98 Å². The van der Waals surface area contributed by atoms with Crippen LogP contribution in [0.15, 0.2) is 54.4 Å². The Morgan fingerprint density at radius 3 is 2.21 bits per heavy atom. The smallest absolute Gasteiger partial charge is 0.164 e. The number of hydrogen-bond acceptors (Lipinski definition) is 3. The van der Waals surface area contributed by atoms with Gasteiger partial charge in [-0.3, -0.25) is 4.79 Å². The second-order valence-electron chi connectivity index (χ2n) is 13.1. The van der Waals surface area contributed by atoms with E-state index in [9.17, 15) is 9.90 Å². The second kappa shape index (κ2) is 13.4. The number of allylic oxidation sites excluding steroid dienone is 2. The summed E-state index contributed by atoms with van der Waals surface area (Å²) in [6, 6.07) is 16.9. The van der Waals surface area contributed by atoms with E-state index in [1.165, 1.54) is 59.2 Å². The first-order valence-corrected chi connectivity index (χ1v) is 14.0. The molecule has 1 aliphatic rings. The van der Waals surface area contributed by atoms with Gasteiger partial charge in [-0.2, -0.15) is 0 Å². The van der Waals surface area contributed by atoms with Gasteiger partial charge in [-0.15, -0.1) is 34.9 Å². The number of rotatable bonds is 4. The number of aryl methyl sites for hydroxylation is 2. The van der Waals surface area contributed by atoms with Crippen LogP contribution in [0.3, 0.4) is 0 Å². The molecule has 0 spiro atoms. The van der Waals surface area contributed by atoms with E-state index in [1.54, 1.807) is 0 Å². The van der Waals surface area contributed by atoms with Gasteiger partial charge in [0.2, 0.25) is 0 Å². The van der Waals surface area contributed by atoms with Crippen molar-refractivity contribution < 1.29 is 30.0 Å². The number of pyridine rings is 1. The minimum absolute atomic E-state index is 0. The molecule has 1 radical (unpaired) electrons. The van der Waals surface area contributed by atoms with E-state index in [0.29, 0.717) is 5.92 Å². The van der Waals surface area contributed by atoms with E-state index in [-0.39, 0.29) is 37.1 Å². The van der Waals surface area contributed by atoms with Gasteiger partial charge >= 0.3 is 0 Å². The van der Waals surface area contributed by atoms with Gasteiger partial charge in [0.05, 0.1) is 0 Å². The molecule has 1 N–H and O–H groups in total. The van der Waals surface area contributed by atoms with E-state index in [0.717, 1.165) is 17.2 Å². The van der Waals surface area contributed by atoms with E-state index in [1.807, 2.05) is 47.7 Å². The Kier molecular flexibility index (Phi) is 11.3. The maximum absolute atomic E-state index is 11.5. The summed E-state index contributed by atoms with van der Waals surface area (Å²) in [5.41, 5.74) is 5.28. The number of aliphatic hydroxyl groups is 1. The number of aliphatic hydroxyl groups excluding tert-OH is 1. The van der Waals surface area contributed by atoms with Gasteiger partial charge in [0.1, 0.15) is 5.76 Å². The maximum Gasteiger partial charge on any atom is 0.164 e. The third-order valence-corrected chi connectivity index (χ3v) is 7.60. The van der Waals surface area contributed by atoms with Gasteiger partial charge in [-0.05, 0) is 52.8 Å². The minimum Gasteiger partial charge on any atom is -0.512 e. The Morgan fingerprint density at radius 1 is 1.00 bits per heavy atom. The van der Waals surface area contributed by atoms with Crippen molar-refractivity contribution in [3.8, 4) is 11.3 Å². The van der Waals surface area contributed by atoms with Crippen LogP contribution in [0, 0.1) is 36.7 Å². The monoisotopic (exact) mass is 705 g/mol. The maximum atomic E-state index is 11.5. The first-order valence-electron chi connectivity index (χ1n) is 14.0. The van der Waals surface area contributed by atoms with E-state index < -0.39 is 5.41 Å². The topological polar surface area (TPSA) is 50.2 Å². The van der Waals surface area contributed by atoms with Crippen molar-refractivity contribution >= 4 is 16.6 Å². The number of hydrogen-bond donors (Lipinski definition) is 1. The molecule has 0 aliphatic heterocycles. The molecule has 1 aliphatic carbocycles. The van der Waals surface area contributed by atoms with Crippen LogP contribution in [-0.2, 0) is 24.9 Å². The molecule has 1 heterocycles. The zero-order valence-electron chi connectivity index (χ0n) is 25.2. The Balaban J connectivity index is 0.000000328. The number of carbonyl (C=O) groups is 1. The van der Waals surface area contributed by atoms with Crippen molar-refractivity contribution in [1.29, 1.82) is 0 Å². The Bertz CT molecular complexity index is 1280. The molecular weight excluding hydrogens is 659 g/mol. The molecular formula is C35H46IrNO2-. The van der Waals surface area contributed by atoms with Crippen LogP contribution in [0.5, 0.6) is 0 Å². The standard InChI is InChI=1S/C24H26N.C11H20O2.Ir/c1-16-12-17(2)14-22(13-16)24-23-9-8-20(15-21(23)10-11-25-24)18(3)19-6-4-5-7-19;1-10(2,3)8(12)7-9(13)11(4,5)6;/h8-13,15,18-19H,4-7H2,1-3H3;7,12H,1-6H3;/q-1;;. The molecule has 2 aromatic carbocycles. The number of aromatic nitrogens is 1. The Hall–Kier alpha value is -2.29. The molecule has 4 heteroatoms. The molecule has 1 atom stereocenters. The van der Waals surface area contributed by atoms with Crippen LogP contribution in [0.2, 0.25) is 0 Å². The van der Waals surface area contributed by atoms with Gasteiger partial charge in [-0.25, -0.2) is 0 Å². The fourth-order valence-electron chi connectivity index (χ4n) is 5.00. The molecule has 213 valence electrons. The van der Waals surface area contributed by atoms with E-state index in [4.69, 9.17) is 0 Å². The van der Waals surface area contributed by atoms with Crippen LogP contribution in [-0.4, -0.2) is 15.9 Å². The average molecular weight is 705 g/mol. The molecule has 4 rings (SSSR count). The number of carbonyl (C=O) groups excluding carboxylic acids is 1.